The monoisotopic (exact) mass is 768 g/mol. The van der Waals surface area contributed by atoms with Gasteiger partial charge in [0.05, 0.1) is 11.8 Å². The van der Waals surface area contributed by atoms with Gasteiger partial charge in [-0.05, 0) is 77.0 Å². The van der Waals surface area contributed by atoms with E-state index in [9.17, 15) is 9.59 Å². The predicted octanol–water partition coefficient (Wildman–Crippen LogP) is 5.20. The molecule has 0 unspecified atom stereocenters. The van der Waals surface area contributed by atoms with Gasteiger partial charge in [0.1, 0.15) is 0 Å². The van der Waals surface area contributed by atoms with Crippen LogP contribution < -0.4 is 24.8 Å². The van der Waals surface area contributed by atoms with Crippen LogP contribution in [0.3, 0.4) is 0 Å². The van der Waals surface area contributed by atoms with Crippen molar-refractivity contribution in [1.82, 2.24) is 0 Å². The molecule has 0 aromatic carbocycles. The average Bonchev–Trinajstić information content (AvgIpc) is 3.65. The van der Waals surface area contributed by atoms with Crippen molar-refractivity contribution in [2.75, 3.05) is 0 Å². The van der Waals surface area contributed by atoms with E-state index in [-0.39, 0.29) is 80.1 Å². The largest absolute Gasteiger partial charge is 1.00 e. The smallest absolute Gasteiger partial charge is 0.306 e. The SMILES string of the molecule is O=C(O)C1CCCCC1.O=C(O)C1CCCCC1.[CH-]1CCCC2=C1CC1=C2CCCC1.[CH-]1CCCC2=C1CC1=C2CCCC1.[Cl-].[Cl-].[Ti].[Ti]. The summed E-state index contributed by atoms with van der Waals surface area (Å²) in [6.07, 6.45) is 37.7. The van der Waals surface area contributed by atoms with Crippen LogP contribution in [0.5, 0.6) is 0 Å². The molecule has 0 amide bonds. The maximum Gasteiger partial charge on any atom is 0.306 e. The van der Waals surface area contributed by atoms with E-state index in [0.29, 0.717) is 0 Å². The summed E-state index contributed by atoms with van der Waals surface area (Å²) < 4.78 is 0. The van der Waals surface area contributed by atoms with Gasteiger partial charge in [0.2, 0.25) is 0 Å². The van der Waals surface area contributed by atoms with E-state index < -0.39 is 11.9 Å². The van der Waals surface area contributed by atoms with Crippen LogP contribution in [-0.2, 0) is 53.0 Å². The van der Waals surface area contributed by atoms with Crippen molar-refractivity contribution in [1.29, 1.82) is 0 Å². The van der Waals surface area contributed by atoms with Crippen molar-refractivity contribution in [3.8, 4) is 0 Å². The van der Waals surface area contributed by atoms with Crippen LogP contribution in [0.25, 0.3) is 0 Å². The van der Waals surface area contributed by atoms with Crippen molar-refractivity contribution >= 4 is 11.9 Å². The van der Waals surface area contributed by atoms with Gasteiger partial charge in [-0.15, -0.1) is 24.0 Å². The van der Waals surface area contributed by atoms with Gasteiger partial charge >= 0.3 is 11.9 Å². The minimum absolute atomic E-state index is 0. The number of carboxylic acids is 2. The molecule has 2 fully saturated rings. The van der Waals surface area contributed by atoms with Gasteiger partial charge in [-0.1, -0.05) is 88.2 Å². The van der Waals surface area contributed by atoms with Gasteiger partial charge in [0.25, 0.3) is 0 Å². The standard InChI is InChI=1S/2C13H17.2C7H12O2.2ClH.2Ti/c2*1-3-7-12-10(5-1)9-11-6-2-4-8-13(11)12;2*8-7(9)6-4-2-1-3-5-6;;;;/h2*5H,1-4,6-9H2;2*6H,1-5H2,(H,8,9);2*1H;;/q2*-1;;;;;;/p-2. The molecule has 268 valence electrons. The number of fused-ring (bicyclic) bond motifs is 2. The van der Waals surface area contributed by atoms with E-state index >= 15 is 0 Å². The Kier molecular flexibility index (Phi) is 22.8. The number of aliphatic carboxylic acids is 2. The zero-order chi connectivity index (χ0) is 30.7. The molecule has 0 radical (unpaired) electrons. The van der Waals surface area contributed by atoms with E-state index in [1.165, 1.54) is 116 Å². The van der Waals surface area contributed by atoms with Gasteiger partial charge in [-0.25, -0.2) is 24.0 Å². The Bertz CT molecular complexity index is 1010. The first-order valence-corrected chi connectivity index (χ1v) is 18.5. The minimum atomic E-state index is -0.602. The fraction of sp³-hybridized carbons (Fsp3) is 0.700. The van der Waals surface area contributed by atoms with E-state index in [1.807, 2.05) is 0 Å². The van der Waals surface area contributed by atoms with E-state index in [4.69, 9.17) is 10.2 Å². The summed E-state index contributed by atoms with van der Waals surface area (Å²) in [5.74, 6) is -1.26. The molecule has 0 aliphatic heterocycles. The number of carboxylic acid groups (broad SMARTS) is 2. The zero-order valence-corrected chi connectivity index (χ0v) is 33.8. The third-order valence-electron chi connectivity index (χ3n) is 11.4. The average molecular weight is 770 g/mol. The molecule has 0 spiro atoms. The minimum Gasteiger partial charge on any atom is -1.00 e. The molecule has 2 saturated carbocycles. The van der Waals surface area contributed by atoms with Gasteiger partial charge in [0.15, 0.2) is 0 Å². The Morgan fingerprint density at radius 1 is 0.458 bits per heavy atom. The first kappa shape index (κ1) is 45.7. The molecule has 0 aromatic rings. The number of hydrogen-bond acceptors (Lipinski definition) is 2. The van der Waals surface area contributed by atoms with E-state index in [1.54, 1.807) is 44.6 Å². The normalized spacial score (nSPS) is 22.8. The molecule has 2 N–H and O–H groups in total. The van der Waals surface area contributed by atoms with E-state index in [0.717, 1.165) is 51.4 Å². The second-order valence-electron chi connectivity index (χ2n) is 14.5. The summed E-state index contributed by atoms with van der Waals surface area (Å²) >= 11 is 0. The van der Waals surface area contributed by atoms with Crippen LogP contribution in [0, 0.1) is 24.7 Å². The molecule has 8 aliphatic carbocycles. The molecular weight excluding hydrogens is 711 g/mol. The fourth-order valence-electron chi connectivity index (χ4n) is 8.94. The van der Waals surface area contributed by atoms with Gasteiger partial charge < -0.3 is 35.0 Å². The number of carbonyl (C=O) groups is 2. The molecule has 8 rings (SSSR count). The molecule has 0 aromatic heterocycles. The Hall–Kier alpha value is -0.351. The number of rotatable bonds is 2. The first-order chi connectivity index (χ1) is 21.5. The van der Waals surface area contributed by atoms with Crippen LogP contribution in [-0.4, -0.2) is 22.2 Å². The van der Waals surface area contributed by atoms with Gasteiger partial charge in [-0.2, -0.15) is 11.1 Å². The fourth-order valence-corrected chi connectivity index (χ4v) is 8.94. The van der Waals surface area contributed by atoms with Crippen LogP contribution in [0.2, 0.25) is 0 Å². The Balaban J connectivity index is 0.000000316. The van der Waals surface area contributed by atoms with Crippen LogP contribution in [0.1, 0.15) is 167 Å². The Labute approximate surface area is 333 Å². The summed E-state index contributed by atoms with van der Waals surface area (Å²) in [6.45, 7) is 0. The zero-order valence-electron chi connectivity index (χ0n) is 29.2. The first-order valence-electron chi connectivity index (χ1n) is 18.5. The number of halogens is 2. The number of hydrogen-bond donors (Lipinski definition) is 2. The summed E-state index contributed by atoms with van der Waals surface area (Å²) in [5, 5.41) is 17.1. The third kappa shape index (κ3) is 13.0. The molecule has 0 bridgehead atoms. The van der Waals surface area contributed by atoms with Crippen molar-refractivity contribution < 1.29 is 88.1 Å². The molecule has 4 nitrogen and oxygen atoms in total. The van der Waals surface area contributed by atoms with Crippen molar-refractivity contribution in [2.45, 2.75) is 167 Å². The summed E-state index contributed by atoms with van der Waals surface area (Å²) in [6, 6.07) is 0. The second-order valence-corrected chi connectivity index (χ2v) is 14.5. The molecule has 8 aliphatic rings. The molecular formula is C40H58Cl2O4Ti2-4. The molecule has 0 heterocycles. The molecule has 0 saturated heterocycles. The maximum atomic E-state index is 10.4. The quantitative estimate of drug-likeness (QED) is 0.300. The van der Waals surface area contributed by atoms with Gasteiger partial charge in [0, 0.05) is 43.4 Å². The van der Waals surface area contributed by atoms with Crippen LogP contribution in [0.15, 0.2) is 44.6 Å². The molecule has 8 heteroatoms. The van der Waals surface area contributed by atoms with Crippen LogP contribution >= 0.6 is 0 Å². The third-order valence-corrected chi connectivity index (χ3v) is 11.4. The van der Waals surface area contributed by atoms with E-state index in [2.05, 4.69) is 12.8 Å². The van der Waals surface area contributed by atoms with Crippen molar-refractivity contribution in [3.05, 3.63) is 57.4 Å². The topological polar surface area (TPSA) is 74.6 Å². The summed E-state index contributed by atoms with van der Waals surface area (Å²) in [4.78, 5) is 20.7. The number of allylic oxidation sites excluding steroid dienone is 8. The Morgan fingerprint density at radius 2 is 0.792 bits per heavy atom. The van der Waals surface area contributed by atoms with Crippen molar-refractivity contribution in [3.63, 3.8) is 0 Å². The van der Waals surface area contributed by atoms with Crippen molar-refractivity contribution in [2.24, 2.45) is 11.8 Å². The predicted molar refractivity (Wildman–Crippen MR) is 179 cm³/mol. The molecule has 0 atom stereocenters. The maximum absolute atomic E-state index is 10.4. The summed E-state index contributed by atoms with van der Waals surface area (Å²) in [5.41, 5.74) is 14.1. The molecule has 48 heavy (non-hydrogen) atoms. The summed E-state index contributed by atoms with van der Waals surface area (Å²) in [7, 11) is 0. The second kappa shape index (κ2) is 24.0. The Morgan fingerprint density at radius 3 is 1.12 bits per heavy atom. The van der Waals surface area contributed by atoms with Gasteiger partial charge in [-0.3, -0.25) is 9.59 Å². The van der Waals surface area contributed by atoms with Crippen LogP contribution in [0.4, 0.5) is 0 Å².